The maximum absolute atomic E-state index is 11.0. The van der Waals surface area contributed by atoms with Crippen LogP contribution in [0.5, 0.6) is 5.75 Å². The van der Waals surface area contributed by atoms with E-state index in [2.05, 4.69) is 16.7 Å². The third-order valence-corrected chi connectivity index (χ3v) is 5.00. The van der Waals surface area contributed by atoms with Gasteiger partial charge in [0, 0.05) is 37.8 Å². The van der Waals surface area contributed by atoms with Crippen molar-refractivity contribution >= 4 is 5.69 Å². The highest BCUT2D eigenvalue weighted by molar-refractivity contribution is 5.45. The number of aliphatic hydroxyl groups excluding tert-OH is 1. The Morgan fingerprint density at radius 1 is 1.42 bits per heavy atom. The number of aliphatic hydroxyl groups is 1. The van der Waals surface area contributed by atoms with Gasteiger partial charge in [-0.05, 0) is 32.4 Å². The number of piperazine rings is 1. The molecule has 0 spiro atoms. The van der Waals surface area contributed by atoms with Crippen LogP contribution in [-0.4, -0.2) is 70.8 Å². The van der Waals surface area contributed by atoms with E-state index >= 15 is 0 Å². The topological polar surface area (TPSA) is 79.1 Å². The molecule has 2 aliphatic heterocycles. The molecule has 3 rings (SSSR count). The first-order chi connectivity index (χ1) is 11.5. The van der Waals surface area contributed by atoms with Crippen LogP contribution in [0.1, 0.15) is 19.8 Å². The predicted molar refractivity (Wildman–Crippen MR) is 90.2 cm³/mol. The van der Waals surface area contributed by atoms with Gasteiger partial charge in [0.05, 0.1) is 4.92 Å². The van der Waals surface area contributed by atoms with Gasteiger partial charge >= 0.3 is 5.69 Å². The Morgan fingerprint density at radius 2 is 2.21 bits per heavy atom. The number of rotatable bonds is 6. The zero-order valence-electron chi connectivity index (χ0n) is 14.0. The Hall–Kier alpha value is -1.70. The maximum atomic E-state index is 11.0. The number of ether oxygens (including phenoxy) is 1. The SMILES string of the molecule is C[C@@H]1CN2CCC[C@H]2CN1C[C@H](O)COc1ccccc1[N+](=O)[O-]. The van der Waals surface area contributed by atoms with Gasteiger partial charge in [0.25, 0.3) is 0 Å². The van der Waals surface area contributed by atoms with Crippen LogP contribution < -0.4 is 4.74 Å². The zero-order valence-corrected chi connectivity index (χ0v) is 14.0. The molecular formula is C17H25N3O4. The van der Waals surface area contributed by atoms with Crippen LogP contribution in [0.2, 0.25) is 0 Å². The minimum Gasteiger partial charge on any atom is -0.484 e. The highest BCUT2D eigenvalue weighted by Crippen LogP contribution is 2.27. The Morgan fingerprint density at radius 3 is 3.00 bits per heavy atom. The van der Waals surface area contributed by atoms with Crippen molar-refractivity contribution < 1.29 is 14.8 Å². The van der Waals surface area contributed by atoms with Crippen molar-refractivity contribution in [2.24, 2.45) is 0 Å². The second kappa shape index (κ2) is 7.46. The molecule has 0 aliphatic carbocycles. The molecule has 2 fully saturated rings. The van der Waals surface area contributed by atoms with Crippen LogP contribution in [0.25, 0.3) is 0 Å². The van der Waals surface area contributed by atoms with E-state index in [0.29, 0.717) is 18.6 Å². The molecule has 3 atom stereocenters. The molecule has 0 amide bonds. The molecule has 2 aliphatic rings. The molecule has 1 N–H and O–H groups in total. The largest absolute Gasteiger partial charge is 0.484 e. The first-order valence-corrected chi connectivity index (χ1v) is 8.57. The van der Waals surface area contributed by atoms with Crippen LogP contribution in [0.15, 0.2) is 24.3 Å². The fourth-order valence-corrected chi connectivity index (χ4v) is 3.74. The lowest BCUT2D eigenvalue weighted by Gasteiger charge is -2.42. The van der Waals surface area contributed by atoms with Crippen molar-refractivity contribution in [1.29, 1.82) is 0 Å². The molecule has 0 radical (unpaired) electrons. The van der Waals surface area contributed by atoms with Crippen molar-refractivity contribution in [3.63, 3.8) is 0 Å². The molecule has 0 unspecified atom stereocenters. The molecule has 0 bridgehead atoms. The Balaban J connectivity index is 1.52. The van der Waals surface area contributed by atoms with Crippen molar-refractivity contribution in [3.8, 4) is 5.75 Å². The molecule has 1 aromatic carbocycles. The van der Waals surface area contributed by atoms with Gasteiger partial charge < -0.3 is 9.84 Å². The molecule has 2 heterocycles. The van der Waals surface area contributed by atoms with E-state index in [4.69, 9.17) is 4.74 Å². The summed E-state index contributed by atoms with van der Waals surface area (Å²) in [6, 6.07) is 7.26. The van der Waals surface area contributed by atoms with E-state index in [1.165, 1.54) is 25.5 Å². The van der Waals surface area contributed by atoms with Crippen molar-refractivity contribution in [3.05, 3.63) is 34.4 Å². The summed E-state index contributed by atoms with van der Waals surface area (Å²) in [7, 11) is 0. The number of nitro groups is 1. The number of fused-ring (bicyclic) bond motifs is 1. The summed E-state index contributed by atoms with van der Waals surface area (Å²) in [5, 5.41) is 21.3. The van der Waals surface area contributed by atoms with Gasteiger partial charge in [-0.15, -0.1) is 0 Å². The third kappa shape index (κ3) is 3.85. The molecule has 2 saturated heterocycles. The molecule has 0 aromatic heterocycles. The van der Waals surface area contributed by atoms with Crippen molar-refractivity contribution in [1.82, 2.24) is 9.80 Å². The zero-order chi connectivity index (χ0) is 17.1. The van der Waals surface area contributed by atoms with Crippen LogP contribution in [0, 0.1) is 10.1 Å². The van der Waals surface area contributed by atoms with E-state index in [0.717, 1.165) is 13.1 Å². The molecule has 132 valence electrons. The van der Waals surface area contributed by atoms with Gasteiger partial charge in [0.2, 0.25) is 0 Å². The second-order valence-electron chi connectivity index (χ2n) is 6.78. The quantitative estimate of drug-likeness (QED) is 0.627. The van der Waals surface area contributed by atoms with Gasteiger partial charge in [0.15, 0.2) is 5.75 Å². The summed E-state index contributed by atoms with van der Waals surface area (Å²) in [6.45, 7) is 5.98. The smallest absolute Gasteiger partial charge is 0.310 e. The number of hydrogen-bond acceptors (Lipinski definition) is 6. The van der Waals surface area contributed by atoms with Crippen molar-refractivity contribution in [2.45, 2.75) is 38.0 Å². The second-order valence-corrected chi connectivity index (χ2v) is 6.78. The summed E-state index contributed by atoms with van der Waals surface area (Å²) in [4.78, 5) is 15.4. The van der Waals surface area contributed by atoms with Gasteiger partial charge in [0.1, 0.15) is 12.7 Å². The number of hydrogen-bond donors (Lipinski definition) is 1. The Kier molecular flexibility index (Phi) is 5.33. The molecule has 1 aromatic rings. The minimum atomic E-state index is -0.666. The molecule has 7 heteroatoms. The highest BCUT2D eigenvalue weighted by Gasteiger charge is 2.34. The highest BCUT2D eigenvalue weighted by atomic mass is 16.6. The summed E-state index contributed by atoms with van der Waals surface area (Å²) in [5.41, 5.74) is -0.0716. The molecule has 0 saturated carbocycles. The van der Waals surface area contributed by atoms with Gasteiger partial charge in [-0.25, -0.2) is 0 Å². The lowest BCUT2D eigenvalue weighted by atomic mass is 10.1. The van der Waals surface area contributed by atoms with E-state index in [-0.39, 0.29) is 18.0 Å². The maximum Gasteiger partial charge on any atom is 0.310 e. The van der Waals surface area contributed by atoms with E-state index in [1.54, 1.807) is 18.2 Å². The summed E-state index contributed by atoms with van der Waals surface area (Å²) < 4.78 is 5.49. The first-order valence-electron chi connectivity index (χ1n) is 8.57. The fraction of sp³-hybridized carbons (Fsp3) is 0.647. The number of nitrogens with zero attached hydrogens (tertiary/aromatic N) is 3. The molecule has 7 nitrogen and oxygen atoms in total. The first kappa shape index (κ1) is 17.1. The number of para-hydroxylation sites is 2. The Labute approximate surface area is 142 Å². The number of benzene rings is 1. The monoisotopic (exact) mass is 335 g/mol. The van der Waals surface area contributed by atoms with Gasteiger partial charge in [-0.3, -0.25) is 19.9 Å². The van der Waals surface area contributed by atoms with E-state index in [1.807, 2.05) is 0 Å². The van der Waals surface area contributed by atoms with Crippen LogP contribution in [-0.2, 0) is 0 Å². The lowest BCUT2D eigenvalue weighted by molar-refractivity contribution is -0.385. The summed E-state index contributed by atoms with van der Waals surface area (Å²) in [6.07, 6.45) is 1.82. The number of nitro benzene ring substituents is 1. The van der Waals surface area contributed by atoms with Crippen LogP contribution >= 0.6 is 0 Å². The van der Waals surface area contributed by atoms with Gasteiger partial charge in [-0.2, -0.15) is 0 Å². The molecular weight excluding hydrogens is 310 g/mol. The Bertz CT molecular complexity index is 583. The fourth-order valence-electron chi connectivity index (χ4n) is 3.74. The number of β-amino-alcohol motifs (C(OH)–C–C–N with tert-alkyl or cyclic N) is 1. The summed E-state index contributed by atoms with van der Waals surface area (Å²) >= 11 is 0. The third-order valence-electron chi connectivity index (χ3n) is 5.00. The van der Waals surface area contributed by atoms with E-state index < -0.39 is 11.0 Å². The average Bonchev–Trinajstić information content (AvgIpc) is 3.00. The van der Waals surface area contributed by atoms with Crippen LogP contribution in [0.4, 0.5) is 5.69 Å². The standard InChI is InChI=1S/C17H25N3O4/c1-13-9-18-8-4-5-14(18)10-19(13)11-15(21)12-24-17-7-3-2-6-16(17)20(22)23/h2-3,6-7,13-15,21H,4-5,8-12H2,1H3/t13-,14+,15+/m1/s1. The normalized spacial score (nSPS) is 26.1. The molecule has 24 heavy (non-hydrogen) atoms. The van der Waals surface area contributed by atoms with Crippen molar-refractivity contribution in [2.75, 3.05) is 32.8 Å². The average molecular weight is 335 g/mol. The minimum absolute atomic E-state index is 0.0580. The lowest BCUT2D eigenvalue weighted by Crippen LogP contribution is -2.56. The summed E-state index contributed by atoms with van der Waals surface area (Å²) in [5.74, 6) is 0.204. The predicted octanol–water partition coefficient (Wildman–Crippen LogP) is 1.50. The van der Waals surface area contributed by atoms with Crippen LogP contribution in [0.3, 0.4) is 0 Å². The van der Waals surface area contributed by atoms with Gasteiger partial charge in [-0.1, -0.05) is 12.1 Å². The van der Waals surface area contributed by atoms with E-state index in [9.17, 15) is 15.2 Å².